The summed E-state index contributed by atoms with van der Waals surface area (Å²) in [5.41, 5.74) is 6.11. The van der Waals surface area contributed by atoms with Crippen LogP contribution in [-0.4, -0.2) is 30.6 Å². The number of halogens is 1. The number of thiophene rings is 1. The van der Waals surface area contributed by atoms with Crippen LogP contribution >= 0.6 is 27.3 Å². The lowest BCUT2D eigenvalue weighted by Gasteiger charge is -2.27. The van der Waals surface area contributed by atoms with Crippen molar-refractivity contribution < 1.29 is 0 Å². The highest BCUT2D eigenvalue weighted by Gasteiger charge is 2.26. The minimum Gasteiger partial charge on any atom is -0.326 e. The van der Waals surface area contributed by atoms with Crippen molar-refractivity contribution in [1.82, 2.24) is 4.90 Å². The molecule has 1 aliphatic rings. The fraction of sp³-hybridized carbons (Fsp3) is 0.667. The van der Waals surface area contributed by atoms with E-state index in [2.05, 4.69) is 40.0 Å². The molecule has 0 spiro atoms. The molecule has 0 radical (unpaired) electrons. The van der Waals surface area contributed by atoms with Crippen LogP contribution in [0.3, 0.4) is 0 Å². The lowest BCUT2D eigenvalue weighted by Crippen LogP contribution is -2.42. The summed E-state index contributed by atoms with van der Waals surface area (Å²) in [6, 6.07) is 5.32. The molecule has 0 bridgehead atoms. The minimum atomic E-state index is 0.389. The Hall–Kier alpha value is 0.1000. The van der Waals surface area contributed by atoms with Gasteiger partial charge in [-0.25, -0.2) is 0 Å². The molecule has 1 aromatic heterocycles. The maximum atomic E-state index is 6.11. The zero-order chi connectivity index (χ0) is 11.5. The monoisotopic (exact) mass is 302 g/mol. The normalized spacial score (nSPS) is 25.5. The van der Waals surface area contributed by atoms with Crippen LogP contribution in [0.2, 0.25) is 0 Å². The van der Waals surface area contributed by atoms with Crippen molar-refractivity contribution in [3.63, 3.8) is 0 Å². The fourth-order valence-electron chi connectivity index (χ4n) is 2.45. The second-order valence-electron chi connectivity index (χ2n) is 4.60. The average molecular weight is 303 g/mol. The van der Waals surface area contributed by atoms with Gasteiger partial charge in [-0.2, -0.15) is 0 Å². The molecule has 1 heterocycles. The van der Waals surface area contributed by atoms with E-state index in [1.54, 1.807) is 0 Å². The van der Waals surface area contributed by atoms with Crippen molar-refractivity contribution in [2.75, 3.05) is 13.6 Å². The Bertz CT molecular complexity index is 340. The maximum Gasteiger partial charge on any atom is 0.0701 e. The van der Waals surface area contributed by atoms with Crippen molar-refractivity contribution in [3.8, 4) is 0 Å². The van der Waals surface area contributed by atoms with Crippen LogP contribution in [0.25, 0.3) is 0 Å². The van der Waals surface area contributed by atoms with Gasteiger partial charge in [-0.3, -0.25) is 0 Å². The molecule has 2 N–H and O–H groups in total. The van der Waals surface area contributed by atoms with Gasteiger partial charge in [0, 0.05) is 23.5 Å². The van der Waals surface area contributed by atoms with Gasteiger partial charge in [-0.1, -0.05) is 6.42 Å². The summed E-state index contributed by atoms with van der Waals surface area (Å²) >= 11 is 5.33. The highest BCUT2D eigenvalue weighted by molar-refractivity contribution is 9.11. The average Bonchev–Trinajstić information content (AvgIpc) is 2.84. The molecule has 2 atom stereocenters. The summed E-state index contributed by atoms with van der Waals surface area (Å²) in [5.74, 6) is 0. The van der Waals surface area contributed by atoms with Gasteiger partial charge in [0.15, 0.2) is 0 Å². The molecule has 1 fully saturated rings. The number of hydrogen-bond donors (Lipinski definition) is 1. The van der Waals surface area contributed by atoms with Crippen LogP contribution in [0, 0.1) is 0 Å². The van der Waals surface area contributed by atoms with Crippen molar-refractivity contribution in [2.45, 2.75) is 37.8 Å². The smallest absolute Gasteiger partial charge is 0.0701 e. The molecule has 0 aliphatic heterocycles. The predicted octanol–water partition coefficient (Wildman–Crippen LogP) is 2.86. The van der Waals surface area contributed by atoms with E-state index >= 15 is 0 Å². The molecular weight excluding hydrogens is 284 g/mol. The third-order valence-corrected chi connectivity index (χ3v) is 5.12. The third kappa shape index (κ3) is 3.06. The lowest BCUT2D eigenvalue weighted by atomic mass is 10.1. The van der Waals surface area contributed by atoms with Crippen LogP contribution in [0.1, 0.15) is 24.1 Å². The summed E-state index contributed by atoms with van der Waals surface area (Å²) in [4.78, 5) is 3.89. The van der Waals surface area contributed by atoms with E-state index in [0.717, 1.165) is 13.0 Å². The first-order valence-electron chi connectivity index (χ1n) is 5.87. The summed E-state index contributed by atoms with van der Waals surface area (Å²) in [7, 11) is 2.21. The zero-order valence-corrected chi connectivity index (χ0v) is 12.1. The SMILES string of the molecule is CN(CCc1ccc(Br)s1)C1CCCC1N. The molecule has 90 valence electrons. The molecular formula is C12H19BrN2S. The predicted molar refractivity (Wildman–Crippen MR) is 74.0 cm³/mol. The number of nitrogens with zero attached hydrogens (tertiary/aromatic N) is 1. The molecule has 0 amide bonds. The third-order valence-electron chi connectivity index (χ3n) is 3.44. The van der Waals surface area contributed by atoms with Crippen LogP contribution in [0.4, 0.5) is 0 Å². The second kappa shape index (κ2) is 5.63. The highest BCUT2D eigenvalue weighted by atomic mass is 79.9. The molecule has 2 rings (SSSR count). The van der Waals surface area contributed by atoms with Crippen molar-refractivity contribution in [2.24, 2.45) is 5.73 Å². The Kier molecular flexibility index (Phi) is 4.41. The number of hydrogen-bond acceptors (Lipinski definition) is 3. The molecule has 2 nitrogen and oxygen atoms in total. The van der Waals surface area contributed by atoms with Gasteiger partial charge in [0.2, 0.25) is 0 Å². The van der Waals surface area contributed by atoms with Gasteiger partial charge in [-0.15, -0.1) is 11.3 Å². The van der Waals surface area contributed by atoms with Gasteiger partial charge < -0.3 is 10.6 Å². The van der Waals surface area contributed by atoms with E-state index in [9.17, 15) is 0 Å². The summed E-state index contributed by atoms with van der Waals surface area (Å²) < 4.78 is 1.22. The number of rotatable bonds is 4. The van der Waals surface area contributed by atoms with E-state index in [4.69, 9.17) is 5.73 Å². The van der Waals surface area contributed by atoms with Gasteiger partial charge >= 0.3 is 0 Å². The van der Waals surface area contributed by atoms with E-state index in [0.29, 0.717) is 12.1 Å². The molecule has 1 saturated carbocycles. The maximum absolute atomic E-state index is 6.11. The van der Waals surface area contributed by atoms with Gasteiger partial charge in [0.05, 0.1) is 3.79 Å². The van der Waals surface area contributed by atoms with Crippen molar-refractivity contribution in [3.05, 3.63) is 20.8 Å². The highest BCUT2D eigenvalue weighted by Crippen LogP contribution is 2.24. The van der Waals surface area contributed by atoms with Gasteiger partial charge in [0.1, 0.15) is 0 Å². The van der Waals surface area contributed by atoms with E-state index < -0.39 is 0 Å². The fourth-order valence-corrected chi connectivity index (χ4v) is 3.93. The molecule has 2 unspecified atom stereocenters. The number of nitrogens with two attached hydrogens (primary N) is 1. The molecule has 1 aliphatic carbocycles. The van der Waals surface area contributed by atoms with Crippen LogP contribution in [0.5, 0.6) is 0 Å². The number of likely N-dealkylation sites (N-methyl/N-ethyl adjacent to an activating group) is 1. The zero-order valence-electron chi connectivity index (χ0n) is 9.66. The van der Waals surface area contributed by atoms with E-state index in [1.165, 1.54) is 27.9 Å². The standard InChI is InChI=1S/C12H19BrN2S/c1-15(11-4-2-3-10(11)14)8-7-9-5-6-12(13)16-9/h5-6,10-11H,2-4,7-8,14H2,1H3. The topological polar surface area (TPSA) is 29.3 Å². The largest absolute Gasteiger partial charge is 0.326 e. The summed E-state index contributed by atoms with van der Waals surface area (Å²) in [6.07, 6.45) is 4.89. The minimum absolute atomic E-state index is 0.389. The first-order valence-corrected chi connectivity index (χ1v) is 7.48. The Morgan fingerprint density at radius 1 is 1.50 bits per heavy atom. The summed E-state index contributed by atoms with van der Waals surface area (Å²) in [5, 5.41) is 0. The Balaban J connectivity index is 1.81. The second-order valence-corrected chi connectivity index (χ2v) is 7.15. The Morgan fingerprint density at radius 2 is 2.31 bits per heavy atom. The van der Waals surface area contributed by atoms with Gasteiger partial charge in [0.25, 0.3) is 0 Å². The van der Waals surface area contributed by atoms with Crippen molar-refractivity contribution >= 4 is 27.3 Å². The first-order chi connectivity index (χ1) is 7.66. The van der Waals surface area contributed by atoms with Crippen LogP contribution in [0.15, 0.2) is 15.9 Å². The Labute approximate surface area is 110 Å². The lowest BCUT2D eigenvalue weighted by molar-refractivity contribution is 0.231. The molecule has 16 heavy (non-hydrogen) atoms. The Morgan fingerprint density at radius 3 is 2.88 bits per heavy atom. The first kappa shape index (κ1) is 12.6. The molecule has 1 aromatic rings. The van der Waals surface area contributed by atoms with E-state index in [-0.39, 0.29) is 0 Å². The molecule has 0 aromatic carbocycles. The van der Waals surface area contributed by atoms with Gasteiger partial charge in [-0.05, 0) is 54.4 Å². The van der Waals surface area contributed by atoms with Crippen LogP contribution < -0.4 is 5.73 Å². The quantitative estimate of drug-likeness (QED) is 0.927. The van der Waals surface area contributed by atoms with E-state index in [1.807, 2.05) is 11.3 Å². The molecule has 4 heteroatoms. The van der Waals surface area contributed by atoms with Crippen LogP contribution in [-0.2, 0) is 6.42 Å². The molecule has 0 saturated heterocycles. The summed E-state index contributed by atoms with van der Waals surface area (Å²) in [6.45, 7) is 1.12. The van der Waals surface area contributed by atoms with Crippen molar-refractivity contribution in [1.29, 1.82) is 0 Å².